The third kappa shape index (κ3) is 1.52. The molecule has 0 atom stereocenters. The Kier molecular flexibility index (Phi) is 1.89. The van der Waals surface area contributed by atoms with Crippen molar-refractivity contribution in [3.05, 3.63) is 0 Å². The van der Waals surface area contributed by atoms with Gasteiger partial charge in [0.05, 0.1) is 12.4 Å². The number of rotatable bonds is 0. The molecular formula is C6H2N4O4S. The van der Waals surface area contributed by atoms with Crippen LogP contribution in [0.3, 0.4) is 0 Å². The van der Waals surface area contributed by atoms with Crippen LogP contribution in [0.4, 0.5) is 9.59 Å². The lowest BCUT2D eigenvalue weighted by Gasteiger charge is -1.95. The predicted molar refractivity (Wildman–Crippen MR) is 51.6 cm³/mol. The van der Waals surface area contributed by atoms with Crippen LogP contribution in [0.1, 0.15) is 0 Å². The Morgan fingerprint density at radius 3 is 1.53 bits per heavy atom. The number of urea groups is 2. The minimum absolute atomic E-state index is 0.535. The Bertz CT molecular complexity index is 534. The molecule has 4 amide bonds. The van der Waals surface area contributed by atoms with Crippen LogP contribution < -0.4 is 0 Å². The van der Waals surface area contributed by atoms with Crippen LogP contribution in [0.25, 0.3) is 0 Å². The summed E-state index contributed by atoms with van der Waals surface area (Å²) in [6, 6.07) is -1.81. The zero-order valence-corrected chi connectivity index (χ0v) is 7.80. The van der Waals surface area contributed by atoms with Crippen molar-refractivity contribution in [1.29, 1.82) is 0 Å². The molecule has 0 saturated carbocycles. The molecule has 0 spiro atoms. The number of carbonyl (C=O) groups is 2. The second-order valence-corrected chi connectivity index (χ2v) is 4.33. The average molecular weight is 226 g/mol. The van der Waals surface area contributed by atoms with Crippen LogP contribution in [0, 0.1) is 0 Å². The third-order valence-corrected chi connectivity index (χ3v) is 3.03. The molecule has 2 heterocycles. The van der Waals surface area contributed by atoms with Gasteiger partial charge in [0.1, 0.15) is 0 Å². The maximum absolute atomic E-state index is 11.6. The lowest BCUT2D eigenvalue weighted by molar-refractivity contribution is 0.257. The van der Waals surface area contributed by atoms with Gasteiger partial charge in [0.15, 0.2) is 10.1 Å². The van der Waals surface area contributed by atoms with Crippen LogP contribution in [-0.4, -0.2) is 43.0 Å². The van der Waals surface area contributed by atoms with Crippen molar-refractivity contribution >= 4 is 44.4 Å². The van der Waals surface area contributed by atoms with Crippen molar-refractivity contribution in [1.82, 2.24) is 0 Å². The third-order valence-electron chi connectivity index (χ3n) is 1.53. The van der Waals surface area contributed by atoms with Crippen molar-refractivity contribution in [3.8, 4) is 0 Å². The predicted octanol–water partition coefficient (Wildman–Crippen LogP) is -0.393. The van der Waals surface area contributed by atoms with Gasteiger partial charge < -0.3 is 0 Å². The first kappa shape index (κ1) is 9.52. The summed E-state index contributed by atoms with van der Waals surface area (Å²) in [5, 5.41) is -1.07. The Balaban J connectivity index is 2.46. The van der Waals surface area contributed by atoms with Gasteiger partial charge in [-0.1, -0.05) is 0 Å². The topological polar surface area (TPSA) is 118 Å². The minimum Gasteiger partial charge on any atom is -0.244 e. The largest absolute Gasteiger partial charge is 0.368 e. The van der Waals surface area contributed by atoms with Crippen molar-refractivity contribution in [2.45, 2.75) is 0 Å². The fourth-order valence-corrected chi connectivity index (χ4v) is 1.88. The van der Waals surface area contributed by atoms with Crippen molar-refractivity contribution in [3.63, 3.8) is 0 Å². The van der Waals surface area contributed by atoms with E-state index in [1.165, 1.54) is 0 Å². The van der Waals surface area contributed by atoms with E-state index in [0.29, 0.717) is 0 Å². The van der Waals surface area contributed by atoms with E-state index in [9.17, 15) is 18.0 Å². The van der Waals surface area contributed by atoms with E-state index in [0.717, 1.165) is 12.4 Å². The van der Waals surface area contributed by atoms with Gasteiger partial charge >= 0.3 is 12.1 Å². The van der Waals surface area contributed by atoms with E-state index in [2.05, 4.69) is 20.0 Å². The highest BCUT2D eigenvalue weighted by Crippen LogP contribution is 2.06. The maximum atomic E-state index is 11.6. The lowest BCUT2D eigenvalue weighted by atomic mass is 10.8. The first-order valence-corrected chi connectivity index (χ1v) is 5.07. The van der Waals surface area contributed by atoms with Gasteiger partial charge in [0.25, 0.3) is 0 Å². The smallest absolute Gasteiger partial charge is 0.244 e. The molecule has 0 fully saturated rings. The zero-order valence-electron chi connectivity index (χ0n) is 6.98. The fourth-order valence-electron chi connectivity index (χ4n) is 0.891. The molecule has 0 radical (unpaired) electrons. The molecule has 8 nitrogen and oxygen atoms in total. The van der Waals surface area contributed by atoms with Crippen molar-refractivity contribution in [2.24, 2.45) is 20.0 Å². The first-order valence-electron chi connectivity index (χ1n) is 3.59. The number of hydrogen-bond donors (Lipinski definition) is 0. The van der Waals surface area contributed by atoms with Gasteiger partial charge in [-0.25, -0.2) is 18.0 Å². The van der Waals surface area contributed by atoms with E-state index in [4.69, 9.17) is 0 Å². The molecule has 15 heavy (non-hydrogen) atoms. The normalized spacial score (nSPS) is 19.7. The quantitative estimate of drug-likeness (QED) is 0.558. The highest BCUT2D eigenvalue weighted by atomic mass is 32.2. The zero-order chi connectivity index (χ0) is 11.1. The molecular weight excluding hydrogens is 224 g/mol. The van der Waals surface area contributed by atoms with Gasteiger partial charge in [0, 0.05) is 0 Å². The lowest BCUT2D eigenvalue weighted by Crippen LogP contribution is -2.24. The van der Waals surface area contributed by atoms with Crippen LogP contribution in [0.2, 0.25) is 0 Å². The molecule has 0 saturated heterocycles. The molecule has 0 aliphatic carbocycles. The molecule has 2 rings (SSSR count). The van der Waals surface area contributed by atoms with E-state index >= 15 is 0 Å². The second kappa shape index (κ2) is 2.98. The molecule has 0 aromatic carbocycles. The van der Waals surface area contributed by atoms with Gasteiger partial charge in [-0.05, 0) is 0 Å². The second-order valence-electron chi connectivity index (χ2n) is 2.49. The van der Waals surface area contributed by atoms with E-state index < -0.39 is 32.0 Å². The standard InChI is InChI=1S/C6H2N4O4S/c11-5-7-1-3(9-5)15(13,14)4-2-8-6(12)10-4/h1-2H. The van der Waals surface area contributed by atoms with Crippen LogP contribution >= 0.6 is 0 Å². The molecule has 0 unspecified atom stereocenters. The number of amides is 4. The van der Waals surface area contributed by atoms with Gasteiger partial charge in [0.2, 0.25) is 9.84 Å². The van der Waals surface area contributed by atoms with Gasteiger partial charge in [-0.2, -0.15) is 20.0 Å². The van der Waals surface area contributed by atoms with Crippen molar-refractivity contribution in [2.75, 3.05) is 0 Å². The fraction of sp³-hybridized carbons (Fsp3) is 0. The van der Waals surface area contributed by atoms with Gasteiger partial charge in [-0.15, -0.1) is 0 Å². The number of aliphatic imine (C=N–C) groups is 4. The molecule has 0 aromatic heterocycles. The van der Waals surface area contributed by atoms with Gasteiger partial charge in [-0.3, -0.25) is 0 Å². The van der Waals surface area contributed by atoms with Crippen LogP contribution in [0.5, 0.6) is 0 Å². The molecule has 9 heteroatoms. The van der Waals surface area contributed by atoms with E-state index in [-0.39, 0.29) is 0 Å². The molecule has 2 aliphatic heterocycles. The summed E-state index contributed by atoms with van der Waals surface area (Å²) in [6.45, 7) is 0. The highest BCUT2D eigenvalue weighted by Gasteiger charge is 2.30. The highest BCUT2D eigenvalue weighted by molar-refractivity contribution is 8.22. The summed E-state index contributed by atoms with van der Waals surface area (Å²) in [6.07, 6.45) is 1.60. The van der Waals surface area contributed by atoms with Crippen LogP contribution in [0.15, 0.2) is 20.0 Å². The molecule has 0 N–H and O–H groups in total. The number of carbonyl (C=O) groups excluding carboxylic acids is 2. The summed E-state index contributed by atoms with van der Waals surface area (Å²) in [7, 11) is -4.04. The molecule has 0 aromatic rings. The van der Waals surface area contributed by atoms with Crippen LogP contribution in [-0.2, 0) is 9.84 Å². The first-order chi connectivity index (χ1) is 7.00. The number of sulfone groups is 1. The number of nitrogens with zero attached hydrogens (tertiary/aromatic N) is 4. The minimum atomic E-state index is -4.04. The monoisotopic (exact) mass is 226 g/mol. The number of hydrogen-bond acceptors (Lipinski definition) is 4. The Labute approximate surface area is 83.1 Å². The molecule has 0 bridgehead atoms. The summed E-state index contributed by atoms with van der Waals surface area (Å²) in [5.74, 6) is 0. The van der Waals surface area contributed by atoms with E-state index in [1.807, 2.05) is 0 Å². The summed E-state index contributed by atoms with van der Waals surface area (Å²) in [5.41, 5.74) is 0. The Morgan fingerprint density at radius 2 is 1.27 bits per heavy atom. The Morgan fingerprint density at radius 1 is 0.867 bits per heavy atom. The summed E-state index contributed by atoms with van der Waals surface area (Å²) < 4.78 is 23.2. The molecule has 2 aliphatic rings. The van der Waals surface area contributed by atoms with E-state index in [1.54, 1.807) is 0 Å². The average Bonchev–Trinajstić information content (AvgIpc) is 2.74. The summed E-state index contributed by atoms with van der Waals surface area (Å²) >= 11 is 0. The summed E-state index contributed by atoms with van der Waals surface area (Å²) in [4.78, 5) is 33.8. The molecule has 76 valence electrons. The van der Waals surface area contributed by atoms with Crippen molar-refractivity contribution < 1.29 is 18.0 Å². The Hall–Kier alpha value is -2.03. The SMILES string of the molecule is O=C1N=CC(S(=O)(=O)C2=NC(=O)N=C2)=N1. The maximum Gasteiger partial charge on any atom is 0.368 e.